The van der Waals surface area contributed by atoms with Crippen LogP contribution in [0.5, 0.6) is 0 Å². The number of benzene rings is 1. The minimum Gasteiger partial charge on any atom is -0.309 e. The van der Waals surface area contributed by atoms with Crippen LogP contribution in [0.25, 0.3) is 10.9 Å². The molecule has 0 bridgehead atoms. The van der Waals surface area contributed by atoms with E-state index in [0.29, 0.717) is 6.42 Å². The molecule has 0 saturated heterocycles. The molecule has 0 aliphatic carbocycles. The van der Waals surface area contributed by atoms with Crippen LogP contribution in [0, 0.1) is 0 Å². The van der Waals surface area contributed by atoms with Gasteiger partial charge in [0.05, 0.1) is 5.52 Å². The smallest absolute Gasteiger partial charge is 0.166 e. The van der Waals surface area contributed by atoms with Gasteiger partial charge >= 0.3 is 0 Å². The van der Waals surface area contributed by atoms with E-state index in [4.69, 9.17) is 0 Å². The first-order valence-electron chi connectivity index (χ1n) is 5.70. The van der Waals surface area contributed by atoms with Crippen LogP contribution in [0.4, 0.5) is 0 Å². The summed E-state index contributed by atoms with van der Waals surface area (Å²) in [5.41, 5.74) is 1.53. The molecule has 0 radical (unpaired) electrons. The van der Waals surface area contributed by atoms with E-state index < -0.39 is 0 Å². The molecular weight excluding hydrogens is 212 g/mol. The van der Waals surface area contributed by atoms with Crippen LogP contribution < -0.4 is 0 Å². The van der Waals surface area contributed by atoms with Gasteiger partial charge < -0.3 is 4.90 Å². The summed E-state index contributed by atoms with van der Waals surface area (Å²) in [6, 6.07) is 9.60. The Kier molecular flexibility index (Phi) is 3.49. The first-order valence-corrected chi connectivity index (χ1v) is 5.70. The lowest BCUT2D eigenvalue weighted by atomic mass is 10.0. The third-order valence-electron chi connectivity index (χ3n) is 2.72. The third-order valence-corrected chi connectivity index (χ3v) is 2.72. The first-order chi connectivity index (χ1) is 8.18. The first kappa shape index (κ1) is 11.7. The van der Waals surface area contributed by atoms with Gasteiger partial charge in [-0.1, -0.05) is 18.2 Å². The van der Waals surface area contributed by atoms with Crippen molar-refractivity contribution in [1.82, 2.24) is 9.88 Å². The summed E-state index contributed by atoms with van der Waals surface area (Å²) in [7, 11) is 3.93. The molecule has 2 aromatic rings. The van der Waals surface area contributed by atoms with E-state index in [2.05, 4.69) is 4.98 Å². The average molecular weight is 228 g/mol. The van der Waals surface area contributed by atoms with E-state index in [1.54, 1.807) is 6.20 Å². The van der Waals surface area contributed by atoms with Gasteiger partial charge in [-0.2, -0.15) is 0 Å². The van der Waals surface area contributed by atoms with Crippen LogP contribution in [0.15, 0.2) is 36.5 Å². The van der Waals surface area contributed by atoms with Crippen molar-refractivity contribution in [2.75, 3.05) is 20.6 Å². The normalized spacial score (nSPS) is 11.0. The summed E-state index contributed by atoms with van der Waals surface area (Å²) >= 11 is 0. The predicted molar refractivity (Wildman–Crippen MR) is 69.2 cm³/mol. The second-order valence-corrected chi connectivity index (χ2v) is 4.36. The van der Waals surface area contributed by atoms with Crippen LogP contribution in [0.2, 0.25) is 0 Å². The molecule has 1 aromatic heterocycles. The van der Waals surface area contributed by atoms with Gasteiger partial charge in [0.1, 0.15) is 0 Å². The minimum absolute atomic E-state index is 0.156. The minimum atomic E-state index is 0.156. The van der Waals surface area contributed by atoms with E-state index >= 15 is 0 Å². The molecule has 0 amide bonds. The van der Waals surface area contributed by atoms with E-state index in [9.17, 15) is 4.79 Å². The molecule has 0 aliphatic heterocycles. The number of carbonyl (C=O) groups is 1. The zero-order valence-electron chi connectivity index (χ0n) is 10.2. The van der Waals surface area contributed by atoms with Crippen LogP contribution >= 0.6 is 0 Å². The number of ketones is 1. The number of Topliss-reactive ketones (excluding diaryl/α,β-unsaturated/α-hetero) is 1. The van der Waals surface area contributed by atoms with Crippen molar-refractivity contribution in [2.45, 2.75) is 6.42 Å². The van der Waals surface area contributed by atoms with Gasteiger partial charge in [0, 0.05) is 30.1 Å². The highest BCUT2D eigenvalue weighted by atomic mass is 16.1. The van der Waals surface area contributed by atoms with Crippen LogP contribution in [-0.2, 0) is 0 Å². The Morgan fingerprint density at radius 1 is 1.24 bits per heavy atom. The fourth-order valence-electron chi connectivity index (χ4n) is 1.79. The molecule has 0 atom stereocenters. The molecule has 0 saturated carbocycles. The second-order valence-electron chi connectivity index (χ2n) is 4.36. The van der Waals surface area contributed by atoms with E-state index in [0.717, 1.165) is 23.0 Å². The Labute approximate surface area is 101 Å². The van der Waals surface area contributed by atoms with Gasteiger partial charge in [0.15, 0.2) is 5.78 Å². The van der Waals surface area contributed by atoms with Crippen LogP contribution in [0.1, 0.15) is 16.8 Å². The molecule has 0 unspecified atom stereocenters. The topological polar surface area (TPSA) is 33.2 Å². The van der Waals surface area contributed by atoms with Gasteiger partial charge in [-0.05, 0) is 26.2 Å². The monoisotopic (exact) mass is 228 g/mol. The van der Waals surface area contributed by atoms with E-state index in [1.165, 1.54) is 0 Å². The molecule has 3 heteroatoms. The highest BCUT2D eigenvalue weighted by Crippen LogP contribution is 2.17. The molecule has 1 aromatic carbocycles. The van der Waals surface area contributed by atoms with Gasteiger partial charge in [-0.15, -0.1) is 0 Å². The van der Waals surface area contributed by atoms with Crippen LogP contribution in [-0.4, -0.2) is 36.3 Å². The van der Waals surface area contributed by atoms with Gasteiger partial charge in [-0.25, -0.2) is 0 Å². The summed E-state index contributed by atoms with van der Waals surface area (Å²) in [5, 5.41) is 1.02. The number of carbonyl (C=O) groups excluding carboxylic acids is 1. The summed E-state index contributed by atoms with van der Waals surface area (Å²) in [6.45, 7) is 0.766. The number of aromatic nitrogens is 1. The summed E-state index contributed by atoms with van der Waals surface area (Å²) < 4.78 is 0. The summed E-state index contributed by atoms with van der Waals surface area (Å²) in [4.78, 5) is 18.4. The molecule has 17 heavy (non-hydrogen) atoms. The number of hydrogen-bond acceptors (Lipinski definition) is 3. The molecule has 2 rings (SSSR count). The van der Waals surface area contributed by atoms with Crippen molar-refractivity contribution in [3.05, 3.63) is 42.1 Å². The molecule has 0 spiro atoms. The Balaban J connectivity index is 2.32. The Bertz CT molecular complexity index is 529. The maximum absolute atomic E-state index is 12.1. The van der Waals surface area contributed by atoms with E-state index in [-0.39, 0.29) is 5.78 Å². The number of nitrogens with zero attached hydrogens (tertiary/aromatic N) is 2. The number of pyridine rings is 1. The molecule has 88 valence electrons. The molecular formula is C14H16N2O. The Hall–Kier alpha value is -1.74. The largest absolute Gasteiger partial charge is 0.309 e. The lowest BCUT2D eigenvalue weighted by molar-refractivity contribution is 0.0974. The Morgan fingerprint density at radius 3 is 2.76 bits per heavy atom. The molecule has 1 heterocycles. The quantitative estimate of drug-likeness (QED) is 0.753. The fraction of sp³-hybridized carbons (Fsp3) is 0.286. The number of fused-ring (bicyclic) bond motifs is 1. The number of hydrogen-bond donors (Lipinski definition) is 0. The lowest BCUT2D eigenvalue weighted by Gasteiger charge is -2.09. The SMILES string of the molecule is CN(C)CCC(=O)c1cccc2cccnc12. The fourth-order valence-corrected chi connectivity index (χ4v) is 1.79. The molecule has 0 aliphatic rings. The van der Waals surface area contributed by atoms with Crippen molar-refractivity contribution in [1.29, 1.82) is 0 Å². The zero-order valence-corrected chi connectivity index (χ0v) is 10.2. The van der Waals surface area contributed by atoms with Gasteiger partial charge in [0.25, 0.3) is 0 Å². The maximum atomic E-state index is 12.1. The van der Waals surface area contributed by atoms with Gasteiger partial charge in [-0.3, -0.25) is 9.78 Å². The molecule has 0 N–H and O–H groups in total. The zero-order chi connectivity index (χ0) is 12.3. The molecule has 3 nitrogen and oxygen atoms in total. The van der Waals surface area contributed by atoms with Gasteiger partial charge in [0.2, 0.25) is 0 Å². The summed E-state index contributed by atoms with van der Waals surface area (Å²) in [6.07, 6.45) is 2.26. The predicted octanol–water partition coefficient (Wildman–Crippen LogP) is 2.37. The average Bonchev–Trinajstić information content (AvgIpc) is 2.35. The molecule has 0 fully saturated rings. The van der Waals surface area contributed by atoms with Crippen molar-refractivity contribution < 1.29 is 4.79 Å². The number of rotatable bonds is 4. The van der Waals surface area contributed by atoms with Crippen molar-refractivity contribution >= 4 is 16.7 Å². The van der Waals surface area contributed by atoms with Crippen molar-refractivity contribution in [2.24, 2.45) is 0 Å². The standard InChI is InChI=1S/C14H16N2O/c1-16(2)10-8-13(17)12-7-3-5-11-6-4-9-15-14(11)12/h3-7,9H,8,10H2,1-2H3. The van der Waals surface area contributed by atoms with Crippen molar-refractivity contribution in [3.63, 3.8) is 0 Å². The van der Waals surface area contributed by atoms with Crippen LogP contribution in [0.3, 0.4) is 0 Å². The lowest BCUT2D eigenvalue weighted by Crippen LogP contribution is -2.16. The van der Waals surface area contributed by atoms with E-state index in [1.807, 2.05) is 49.3 Å². The Morgan fingerprint density at radius 2 is 2.00 bits per heavy atom. The van der Waals surface area contributed by atoms with Crippen molar-refractivity contribution in [3.8, 4) is 0 Å². The third kappa shape index (κ3) is 2.68. The highest BCUT2D eigenvalue weighted by Gasteiger charge is 2.10. The second kappa shape index (κ2) is 5.06. The maximum Gasteiger partial charge on any atom is 0.166 e. The highest BCUT2D eigenvalue weighted by molar-refractivity contribution is 6.06. The summed E-state index contributed by atoms with van der Waals surface area (Å²) in [5.74, 6) is 0.156. The number of para-hydroxylation sites is 1.